The van der Waals surface area contributed by atoms with E-state index in [0.29, 0.717) is 0 Å². The Bertz CT molecular complexity index is 424. The molecule has 1 heterocycles. The molecule has 0 spiro atoms. The average Bonchev–Trinajstić information content (AvgIpc) is 2.29. The molecule has 0 aliphatic carbocycles. The van der Waals surface area contributed by atoms with Crippen LogP contribution in [0.4, 0.5) is 0 Å². The molecule has 62 valence electrons. The van der Waals surface area contributed by atoms with E-state index in [0.717, 1.165) is 0 Å². The van der Waals surface area contributed by atoms with E-state index in [4.69, 9.17) is 0 Å². The summed E-state index contributed by atoms with van der Waals surface area (Å²) in [5.41, 5.74) is 5.27. The van der Waals surface area contributed by atoms with E-state index in [-0.39, 0.29) is 0 Å². The van der Waals surface area contributed by atoms with Gasteiger partial charge >= 0.3 is 0 Å². The van der Waals surface area contributed by atoms with Gasteiger partial charge in [-0.05, 0) is 38.0 Å². The smallest absolute Gasteiger partial charge is 0.0461 e. The molecular weight excluding hydrogens is 146 g/mol. The third-order valence-electron chi connectivity index (χ3n) is 2.53. The number of nitrogens with one attached hydrogen (secondary N) is 1. The van der Waals surface area contributed by atoms with Crippen LogP contribution >= 0.6 is 0 Å². The van der Waals surface area contributed by atoms with Crippen LogP contribution in [0.3, 0.4) is 0 Å². The first kappa shape index (κ1) is 7.41. The van der Waals surface area contributed by atoms with Crippen LogP contribution in [0.5, 0.6) is 0 Å². The van der Waals surface area contributed by atoms with Crippen molar-refractivity contribution < 1.29 is 0 Å². The van der Waals surface area contributed by atoms with Gasteiger partial charge in [0, 0.05) is 16.6 Å². The molecule has 0 aliphatic rings. The summed E-state index contributed by atoms with van der Waals surface area (Å²) in [6.07, 6.45) is 0. The second-order valence-electron chi connectivity index (χ2n) is 3.37. The summed E-state index contributed by atoms with van der Waals surface area (Å²) in [6.45, 7) is 6.44. The predicted molar refractivity (Wildman–Crippen MR) is 52.5 cm³/mol. The highest BCUT2D eigenvalue weighted by atomic mass is 14.7. The highest BCUT2D eigenvalue weighted by molar-refractivity contribution is 5.87. The van der Waals surface area contributed by atoms with Crippen LogP contribution in [0.25, 0.3) is 10.9 Å². The zero-order chi connectivity index (χ0) is 8.72. The fraction of sp³-hybridized carbons (Fsp3) is 0.273. The number of hydrogen-bond acceptors (Lipinski definition) is 0. The van der Waals surface area contributed by atoms with Gasteiger partial charge in [-0.25, -0.2) is 0 Å². The van der Waals surface area contributed by atoms with E-state index in [1.807, 2.05) is 0 Å². The van der Waals surface area contributed by atoms with Gasteiger partial charge in [-0.3, -0.25) is 0 Å². The van der Waals surface area contributed by atoms with Crippen molar-refractivity contribution in [3.8, 4) is 0 Å². The predicted octanol–water partition coefficient (Wildman–Crippen LogP) is 3.09. The molecule has 0 atom stereocenters. The third-order valence-corrected chi connectivity index (χ3v) is 2.53. The van der Waals surface area contributed by atoms with Crippen molar-refractivity contribution in [2.45, 2.75) is 20.8 Å². The minimum Gasteiger partial charge on any atom is -0.358 e. The van der Waals surface area contributed by atoms with Gasteiger partial charge in [-0.1, -0.05) is 12.1 Å². The SMILES string of the molecule is Cc1[nH]c2cccc(C)c2c1C. The van der Waals surface area contributed by atoms with Crippen LogP contribution in [0.1, 0.15) is 16.8 Å². The van der Waals surface area contributed by atoms with Gasteiger partial charge in [0.1, 0.15) is 0 Å². The Morgan fingerprint density at radius 3 is 2.50 bits per heavy atom. The molecule has 1 N–H and O–H groups in total. The number of H-pyrrole nitrogens is 1. The normalized spacial score (nSPS) is 10.9. The van der Waals surface area contributed by atoms with E-state index in [1.54, 1.807) is 0 Å². The fourth-order valence-corrected chi connectivity index (χ4v) is 1.75. The van der Waals surface area contributed by atoms with E-state index >= 15 is 0 Å². The molecule has 0 radical (unpaired) electrons. The Labute approximate surface area is 72.4 Å². The van der Waals surface area contributed by atoms with Crippen LogP contribution in [-0.4, -0.2) is 4.98 Å². The van der Waals surface area contributed by atoms with E-state index in [1.165, 1.54) is 27.7 Å². The zero-order valence-electron chi connectivity index (χ0n) is 7.73. The molecule has 0 saturated heterocycles. The molecule has 0 amide bonds. The molecule has 1 aromatic carbocycles. The Kier molecular flexibility index (Phi) is 1.47. The molecule has 2 aromatic rings. The van der Waals surface area contributed by atoms with Crippen LogP contribution in [0.2, 0.25) is 0 Å². The van der Waals surface area contributed by atoms with Crippen LogP contribution in [0, 0.1) is 20.8 Å². The van der Waals surface area contributed by atoms with E-state index in [2.05, 4.69) is 44.0 Å². The van der Waals surface area contributed by atoms with Crippen molar-refractivity contribution >= 4 is 10.9 Å². The lowest BCUT2D eigenvalue weighted by Crippen LogP contribution is -1.75. The summed E-state index contributed by atoms with van der Waals surface area (Å²) in [7, 11) is 0. The minimum absolute atomic E-state index is 1.25. The molecule has 0 aliphatic heterocycles. The minimum atomic E-state index is 1.25. The number of fused-ring (bicyclic) bond motifs is 1. The van der Waals surface area contributed by atoms with Crippen molar-refractivity contribution in [2.75, 3.05) is 0 Å². The molecule has 12 heavy (non-hydrogen) atoms. The first-order chi connectivity index (χ1) is 5.70. The Balaban J connectivity index is 2.97. The molecule has 0 saturated carbocycles. The number of hydrogen-bond donors (Lipinski definition) is 1. The first-order valence-electron chi connectivity index (χ1n) is 4.24. The second kappa shape index (κ2) is 2.37. The molecule has 1 aromatic heterocycles. The van der Waals surface area contributed by atoms with Gasteiger partial charge in [-0.15, -0.1) is 0 Å². The average molecular weight is 159 g/mol. The highest BCUT2D eigenvalue weighted by Gasteiger charge is 2.04. The van der Waals surface area contributed by atoms with Gasteiger partial charge in [0.05, 0.1) is 0 Å². The zero-order valence-corrected chi connectivity index (χ0v) is 7.73. The molecule has 1 nitrogen and oxygen atoms in total. The number of rotatable bonds is 0. The summed E-state index contributed by atoms with van der Waals surface area (Å²) < 4.78 is 0. The molecule has 2 rings (SSSR count). The standard InChI is InChI=1S/C11H13N/c1-7-5-4-6-10-11(7)8(2)9(3)12-10/h4-6,12H,1-3H3. The Morgan fingerprint density at radius 2 is 1.83 bits per heavy atom. The van der Waals surface area contributed by atoms with Crippen LogP contribution in [0.15, 0.2) is 18.2 Å². The van der Waals surface area contributed by atoms with Gasteiger partial charge in [0.2, 0.25) is 0 Å². The monoisotopic (exact) mass is 159 g/mol. The van der Waals surface area contributed by atoms with Crippen molar-refractivity contribution in [3.63, 3.8) is 0 Å². The number of aromatic amines is 1. The maximum atomic E-state index is 3.37. The molecule has 0 bridgehead atoms. The maximum absolute atomic E-state index is 3.37. The summed E-state index contributed by atoms with van der Waals surface area (Å²) >= 11 is 0. The fourth-order valence-electron chi connectivity index (χ4n) is 1.75. The molecular formula is C11H13N. The Hall–Kier alpha value is -1.24. The number of benzene rings is 1. The number of aromatic nitrogens is 1. The highest BCUT2D eigenvalue weighted by Crippen LogP contribution is 2.23. The quantitative estimate of drug-likeness (QED) is 0.608. The first-order valence-corrected chi connectivity index (χ1v) is 4.24. The lowest BCUT2D eigenvalue weighted by atomic mass is 10.1. The van der Waals surface area contributed by atoms with Crippen LogP contribution in [-0.2, 0) is 0 Å². The van der Waals surface area contributed by atoms with Crippen LogP contribution < -0.4 is 0 Å². The molecule has 1 heteroatoms. The summed E-state index contributed by atoms with van der Waals surface area (Å²) in [5.74, 6) is 0. The second-order valence-corrected chi connectivity index (χ2v) is 3.37. The van der Waals surface area contributed by atoms with E-state index in [9.17, 15) is 0 Å². The van der Waals surface area contributed by atoms with Gasteiger partial charge < -0.3 is 4.98 Å². The summed E-state index contributed by atoms with van der Waals surface area (Å²) in [4.78, 5) is 3.37. The summed E-state index contributed by atoms with van der Waals surface area (Å²) in [6, 6.07) is 6.37. The lowest BCUT2D eigenvalue weighted by molar-refractivity contribution is 1.25. The third kappa shape index (κ3) is 0.860. The molecule has 0 fully saturated rings. The van der Waals surface area contributed by atoms with Gasteiger partial charge in [0.15, 0.2) is 0 Å². The van der Waals surface area contributed by atoms with Crippen molar-refractivity contribution in [1.82, 2.24) is 4.98 Å². The van der Waals surface area contributed by atoms with E-state index < -0.39 is 0 Å². The van der Waals surface area contributed by atoms with Gasteiger partial charge in [-0.2, -0.15) is 0 Å². The number of aryl methyl sites for hydroxylation is 3. The maximum Gasteiger partial charge on any atom is 0.0461 e. The van der Waals surface area contributed by atoms with Crippen molar-refractivity contribution in [3.05, 3.63) is 35.0 Å². The van der Waals surface area contributed by atoms with Crippen molar-refractivity contribution in [2.24, 2.45) is 0 Å². The topological polar surface area (TPSA) is 15.8 Å². The molecule has 0 unspecified atom stereocenters. The van der Waals surface area contributed by atoms with Crippen molar-refractivity contribution in [1.29, 1.82) is 0 Å². The van der Waals surface area contributed by atoms with Gasteiger partial charge in [0.25, 0.3) is 0 Å². The Morgan fingerprint density at radius 1 is 1.08 bits per heavy atom. The summed E-state index contributed by atoms with van der Waals surface area (Å²) in [5, 5.41) is 1.38. The lowest BCUT2D eigenvalue weighted by Gasteiger charge is -1.95. The largest absolute Gasteiger partial charge is 0.358 e.